The quantitative estimate of drug-likeness (QED) is 0.113. The summed E-state index contributed by atoms with van der Waals surface area (Å²) < 4.78 is 24.6. The fraction of sp³-hybridized carbons (Fsp3) is 0. The molecular formula is C117H71N9O4. The molecule has 0 aliphatic rings. The molecule has 19 aromatic carbocycles. The summed E-state index contributed by atoms with van der Waals surface area (Å²) >= 11 is 0. The van der Waals surface area contributed by atoms with Crippen molar-refractivity contribution in [2.24, 2.45) is 0 Å². The zero-order chi connectivity index (χ0) is 86.0. The van der Waals surface area contributed by atoms with Crippen LogP contribution in [0.5, 0.6) is 0 Å². The summed E-state index contributed by atoms with van der Waals surface area (Å²) in [6.07, 6.45) is 0. The van der Waals surface area contributed by atoms with Crippen LogP contribution in [0.1, 0.15) is 0 Å². The van der Waals surface area contributed by atoms with Gasteiger partial charge in [-0.15, -0.1) is 0 Å². The molecule has 130 heavy (non-hydrogen) atoms. The summed E-state index contributed by atoms with van der Waals surface area (Å²) in [5.41, 5.74) is 21.8. The first kappa shape index (κ1) is 75.9. The van der Waals surface area contributed by atoms with E-state index in [2.05, 4.69) is 267 Å². The molecule has 0 spiro atoms. The Labute approximate surface area is 744 Å². The van der Waals surface area contributed by atoms with Crippen LogP contribution >= 0.6 is 0 Å². The van der Waals surface area contributed by atoms with Crippen LogP contribution in [0, 0.1) is 0 Å². The van der Waals surface area contributed by atoms with Gasteiger partial charge in [-0.2, -0.15) is 0 Å². The van der Waals surface area contributed by atoms with Crippen molar-refractivity contribution >= 4 is 120 Å². The van der Waals surface area contributed by atoms with Crippen LogP contribution in [0.25, 0.3) is 256 Å². The molecule has 0 amide bonds. The highest BCUT2D eigenvalue weighted by atomic mass is 16.3. The van der Waals surface area contributed by atoms with Gasteiger partial charge in [-0.05, 0) is 157 Å². The van der Waals surface area contributed by atoms with Crippen LogP contribution in [0.3, 0.4) is 0 Å². The average molecular weight is 1670 g/mol. The molecule has 0 atom stereocenters. The molecule has 0 saturated carbocycles. The van der Waals surface area contributed by atoms with Crippen LogP contribution in [0.4, 0.5) is 0 Å². The maximum atomic E-state index is 6.22. The van der Waals surface area contributed by atoms with E-state index < -0.39 is 0 Å². The number of fused-ring (bicyclic) bond motifs is 15. The molecule has 26 aromatic rings. The minimum atomic E-state index is 0.577. The molecule has 0 radical (unpaired) electrons. The van der Waals surface area contributed by atoms with Gasteiger partial charge in [0.2, 0.25) is 0 Å². The molecular weight excluding hydrogens is 1600 g/mol. The van der Waals surface area contributed by atoms with E-state index >= 15 is 0 Å². The molecule has 0 unspecified atom stereocenters. The predicted molar refractivity (Wildman–Crippen MR) is 526 cm³/mol. The van der Waals surface area contributed by atoms with Crippen molar-refractivity contribution in [2.45, 2.75) is 0 Å². The van der Waals surface area contributed by atoms with Crippen LogP contribution in [-0.4, -0.2) is 44.9 Å². The second-order valence-electron chi connectivity index (χ2n) is 32.3. The Bertz CT molecular complexity index is 8860. The van der Waals surface area contributed by atoms with E-state index in [1.165, 1.54) is 43.4 Å². The Morgan fingerprint density at radius 3 is 0.754 bits per heavy atom. The maximum absolute atomic E-state index is 6.22. The van der Waals surface area contributed by atoms with Gasteiger partial charge in [-0.3, -0.25) is 0 Å². The summed E-state index contributed by atoms with van der Waals surface area (Å²) in [5.74, 6) is 5.50. The van der Waals surface area contributed by atoms with Crippen molar-refractivity contribution in [3.8, 4) is 136 Å². The highest BCUT2D eigenvalue weighted by molar-refractivity contribution is 6.10. The first-order valence-corrected chi connectivity index (χ1v) is 43.2. The summed E-state index contributed by atoms with van der Waals surface area (Å²) in [6.45, 7) is 0. The lowest BCUT2D eigenvalue weighted by molar-refractivity contribution is 0.668. The summed E-state index contributed by atoms with van der Waals surface area (Å²) in [6, 6.07) is 147. The SMILES string of the molecule is c1ccc(-c2nc(-c3ccc(-c4ccc5ccccc5c4)cc3)nc(-c3ccc4c(c3)oc3ccccc34)n2)cc1.c1ccc(-c2nc(-c3ccc(-c4cccc5ccccc45)cc3)nc(-c3ccc4c(c3)oc3ccccc34)n2)cc1.c1ccc2cc(-c3ccc(-c4nc(-c5ccc6c(c5)oc5ccccc56)nc(-c5ccc6oc7ccccc7c6c5)n4)cc3)ccc2c1. The predicted octanol–water partition coefficient (Wildman–Crippen LogP) is 30.7. The molecule has 0 saturated heterocycles. The zero-order valence-corrected chi connectivity index (χ0v) is 69.6. The molecule has 0 aliphatic heterocycles. The highest BCUT2D eigenvalue weighted by Crippen LogP contribution is 2.41. The van der Waals surface area contributed by atoms with Crippen LogP contribution < -0.4 is 0 Å². The number of hydrogen-bond acceptors (Lipinski definition) is 13. The normalized spacial score (nSPS) is 11.5. The Morgan fingerprint density at radius 1 is 0.115 bits per heavy atom. The van der Waals surface area contributed by atoms with Crippen molar-refractivity contribution in [3.05, 3.63) is 431 Å². The summed E-state index contributed by atoms with van der Waals surface area (Å²) in [4.78, 5) is 44.6. The topological polar surface area (TPSA) is 169 Å². The van der Waals surface area contributed by atoms with Crippen molar-refractivity contribution in [2.75, 3.05) is 0 Å². The van der Waals surface area contributed by atoms with E-state index in [0.717, 1.165) is 160 Å². The van der Waals surface area contributed by atoms with Crippen LogP contribution in [0.15, 0.2) is 448 Å². The van der Waals surface area contributed by atoms with E-state index in [1.54, 1.807) is 0 Å². The van der Waals surface area contributed by atoms with E-state index in [9.17, 15) is 0 Å². The lowest BCUT2D eigenvalue weighted by Crippen LogP contribution is -2.00. The number of para-hydroxylation sites is 4. The third-order valence-electron chi connectivity index (χ3n) is 24.2. The smallest absolute Gasteiger partial charge is 0.164 e. The van der Waals surface area contributed by atoms with E-state index in [-0.39, 0.29) is 0 Å². The van der Waals surface area contributed by atoms with Gasteiger partial charge in [0.25, 0.3) is 0 Å². The molecule has 0 bridgehead atoms. The molecule has 608 valence electrons. The maximum Gasteiger partial charge on any atom is 0.164 e. The second-order valence-corrected chi connectivity index (χ2v) is 32.3. The minimum Gasteiger partial charge on any atom is -0.456 e. The standard InChI is InChI=1S/C43H25N3O2.2C37H23N3O/c1-2-8-29-23-30(18-15-26(29)7-1)27-13-16-28(17-14-27)41-44-42(31-20-22-39-36(24-31)34-10-4-6-12-38(34)47-39)46-43(45-41)32-19-21-35-33-9-3-5-11-37(33)48-40(35)25-32;1-2-10-26(11-3-1)35-38-36(27-19-17-25(18-20-27)30-15-8-12-24-9-4-5-13-29(24)30)40-37(39-35)28-21-22-32-31-14-6-7-16-33(31)41-34(32)23-28;1-2-9-26(10-3-1)35-38-36(27-17-14-25(15-18-27)29-19-16-24-8-4-5-11-28(24)22-29)40-37(39-35)30-20-21-32-31-12-6-7-13-33(31)41-34(32)23-30/h1-25H;2*1-23H. The molecule has 13 nitrogen and oxygen atoms in total. The van der Waals surface area contributed by atoms with Crippen molar-refractivity contribution in [1.82, 2.24) is 44.9 Å². The molecule has 0 fully saturated rings. The minimum absolute atomic E-state index is 0.577. The van der Waals surface area contributed by atoms with Gasteiger partial charge in [0, 0.05) is 93.2 Å². The van der Waals surface area contributed by atoms with Crippen molar-refractivity contribution in [1.29, 1.82) is 0 Å². The van der Waals surface area contributed by atoms with E-state index in [1.807, 2.05) is 164 Å². The van der Waals surface area contributed by atoms with Gasteiger partial charge in [0.1, 0.15) is 44.7 Å². The van der Waals surface area contributed by atoms with Gasteiger partial charge in [0.15, 0.2) is 52.4 Å². The molecule has 13 heteroatoms. The Kier molecular flexibility index (Phi) is 18.9. The number of benzene rings is 19. The third kappa shape index (κ3) is 14.5. The van der Waals surface area contributed by atoms with Gasteiger partial charge in [-0.25, -0.2) is 44.9 Å². The summed E-state index contributed by atoms with van der Waals surface area (Å²) in [7, 11) is 0. The average Bonchev–Trinajstić information content (AvgIpc) is 1.63. The first-order valence-electron chi connectivity index (χ1n) is 43.2. The largest absolute Gasteiger partial charge is 0.456 e. The molecule has 26 rings (SSSR count). The lowest BCUT2D eigenvalue weighted by atomic mass is 9.97. The van der Waals surface area contributed by atoms with Crippen molar-refractivity contribution in [3.63, 3.8) is 0 Å². The number of hydrogen-bond donors (Lipinski definition) is 0. The highest BCUT2D eigenvalue weighted by Gasteiger charge is 2.22. The molecule has 0 N–H and O–H groups in total. The first-order chi connectivity index (χ1) is 64.3. The fourth-order valence-electron chi connectivity index (χ4n) is 17.6. The lowest BCUT2D eigenvalue weighted by Gasteiger charge is -2.10. The van der Waals surface area contributed by atoms with E-state index in [0.29, 0.717) is 52.4 Å². The Hall–Kier alpha value is -17.8. The second kappa shape index (κ2) is 32.4. The van der Waals surface area contributed by atoms with Crippen molar-refractivity contribution < 1.29 is 17.7 Å². The number of nitrogens with zero attached hydrogens (tertiary/aromatic N) is 9. The van der Waals surface area contributed by atoms with Crippen LogP contribution in [0.2, 0.25) is 0 Å². The van der Waals surface area contributed by atoms with Gasteiger partial charge in [-0.1, -0.05) is 340 Å². The Morgan fingerprint density at radius 2 is 0.362 bits per heavy atom. The monoisotopic (exact) mass is 1670 g/mol. The zero-order valence-electron chi connectivity index (χ0n) is 69.6. The third-order valence-corrected chi connectivity index (χ3v) is 24.2. The number of rotatable bonds is 12. The van der Waals surface area contributed by atoms with Gasteiger partial charge >= 0.3 is 0 Å². The number of aromatic nitrogens is 9. The summed E-state index contributed by atoms with van der Waals surface area (Å²) in [5, 5.41) is 15.9. The molecule has 7 aromatic heterocycles. The van der Waals surface area contributed by atoms with E-state index in [4.69, 9.17) is 62.5 Å². The number of furan rings is 4. The fourth-order valence-corrected chi connectivity index (χ4v) is 17.6. The molecule has 0 aliphatic carbocycles. The van der Waals surface area contributed by atoms with Crippen LogP contribution in [-0.2, 0) is 0 Å². The molecule has 7 heterocycles. The Balaban J connectivity index is 0.000000109. The van der Waals surface area contributed by atoms with Gasteiger partial charge in [0.05, 0.1) is 0 Å². The van der Waals surface area contributed by atoms with Gasteiger partial charge < -0.3 is 17.7 Å².